The minimum Gasteiger partial charge on any atom is -0.478 e. The number of carbonyl (C=O) groups is 1. The summed E-state index contributed by atoms with van der Waals surface area (Å²) in [6, 6.07) is 7.01. The topological polar surface area (TPSA) is 59.0 Å². The summed E-state index contributed by atoms with van der Waals surface area (Å²) in [5.41, 5.74) is 1.01. The Kier molecular flexibility index (Phi) is 7.69. The zero-order valence-electron chi connectivity index (χ0n) is 12.2. The minimum atomic E-state index is -0.918. The van der Waals surface area contributed by atoms with Crippen LogP contribution in [-0.2, 0) is 9.47 Å². The number of carboxylic acids is 1. The number of para-hydroxylation sites is 1. The highest BCUT2D eigenvalue weighted by Crippen LogP contribution is 2.20. The SMILES string of the molecule is CCOCCN(CCOCC)c1ccccc1C(=O)O. The molecule has 5 nitrogen and oxygen atoms in total. The number of aromatic carboxylic acids is 1. The van der Waals surface area contributed by atoms with Crippen LogP contribution in [0.1, 0.15) is 24.2 Å². The van der Waals surface area contributed by atoms with Crippen LogP contribution in [0.2, 0.25) is 0 Å². The highest BCUT2D eigenvalue weighted by molar-refractivity contribution is 5.94. The lowest BCUT2D eigenvalue weighted by atomic mass is 10.1. The van der Waals surface area contributed by atoms with Crippen LogP contribution in [0.5, 0.6) is 0 Å². The summed E-state index contributed by atoms with van der Waals surface area (Å²) in [7, 11) is 0. The summed E-state index contributed by atoms with van der Waals surface area (Å²) in [5.74, 6) is -0.918. The van der Waals surface area contributed by atoms with Crippen molar-refractivity contribution in [2.45, 2.75) is 13.8 Å². The van der Waals surface area contributed by atoms with Gasteiger partial charge in [0.15, 0.2) is 0 Å². The number of carboxylic acid groups (broad SMARTS) is 1. The molecule has 0 unspecified atom stereocenters. The van der Waals surface area contributed by atoms with Crippen molar-refractivity contribution in [1.29, 1.82) is 0 Å². The van der Waals surface area contributed by atoms with Crippen LogP contribution in [0.3, 0.4) is 0 Å². The fraction of sp³-hybridized carbons (Fsp3) is 0.533. The van der Waals surface area contributed by atoms with Crippen molar-refractivity contribution in [3.8, 4) is 0 Å². The second-order valence-electron chi connectivity index (χ2n) is 4.20. The van der Waals surface area contributed by atoms with Gasteiger partial charge in [0.25, 0.3) is 0 Å². The van der Waals surface area contributed by atoms with E-state index in [-0.39, 0.29) is 0 Å². The van der Waals surface area contributed by atoms with Crippen LogP contribution in [0, 0.1) is 0 Å². The molecule has 0 atom stereocenters. The van der Waals surface area contributed by atoms with Crippen molar-refractivity contribution in [2.75, 3.05) is 44.4 Å². The van der Waals surface area contributed by atoms with Crippen LogP contribution < -0.4 is 4.90 Å². The Bertz CT molecular complexity index is 399. The molecule has 0 aliphatic rings. The molecule has 1 aromatic rings. The van der Waals surface area contributed by atoms with Crippen LogP contribution >= 0.6 is 0 Å². The van der Waals surface area contributed by atoms with Gasteiger partial charge in [0, 0.05) is 26.3 Å². The first-order valence-corrected chi connectivity index (χ1v) is 6.93. The van der Waals surface area contributed by atoms with Crippen molar-refractivity contribution >= 4 is 11.7 Å². The molecule has 0 heterocycles. The van der Waals surface area contributed by atoms with Gasteiger partial charge in [-0.3, -0.25) is 0 Å². The van der Waals surface area contributed by atoms with E-state index in [1.807, 2.05) is 30.9 Å². The molecule has 1 aromatic carbocycles. The third-order valence-electron chi connectivity index (χ3n) is 2.89. The summed E-state index contributed by atoms with van der Waals surface area (Å²) >= 11 is 0. The minimum absolute atomic E-state index is 0.306. The van der Waals surface area contributed by atoms with Crippen molar-refractivity contribution in [2.24, 2.45) is 0 Å². The molecular formula is C15H23NO4. The molecule has 20 heavy (non-hydrogen) atoms. The van der Waals surface area contributed by atoms with E-state index < -0.39 is 5.97 Å². The van der Waals surface area contributed by atoms with Gasteiger partial charge in [0.2, 0.25) is 0 Å². The third-order valence-corrected chi connectivity index (χ3v) is 2.89. The standard InChI is InChI=1S/C15H23NO4/c1-3-19-11-9-16(10-12-20-4-2)14-8-6-5-7-13(14)15(17)18/h5-8H,3-4,9-12H2,1-2H3,(H,17,18). The quantitative estimate of drug-likeness (QED) is 0.667. The lowest BCUT2D eigenvalue weighted by molar-refractivity contribution is 0.0697. The summed E-state index contributed by atoms with van der Waals surface area (Å²) in [5, 5.41) is 9.27. The van der Waals surface area contributed by atoms with Gasteiger partial charge in [-0.05, 0) is 26.0 Å². The Morgan fingerprint density at radius 1 is 1.10 bits per heavy atom. The average Bonchev–Trinajstić information content (AvgIpc) is 2.46. The number of benzene rings is 1. The molecule has 0 saturated carbocycles. The second kappa shape index (κ2) is 9.34. The summed E-state index contributed by atoms with van der Waals surface area (Å²) < 4.78 is 10.7. The fourth-order valence-corrected chi connectivity index (χ4v) is 1.92. The van der Waals surface area contributed by atoms with Crippen molar-refractivity contribution in [3.05, 3.63) is 29.8 Å². The van der Waals surface area contributed by atoms with E-state index in [4.69, 9.17) is 9.47 Å². The van der Waals surface area contributed by atoms with Gasteiger partial charge < -0.3 is 19.5 Å². The number of hydrogen-bond donors (Lipinski definition) is 1. The summed E-state index contributed by atoms with van der Waals surface area (Å²) in [4.78, 5) is 13.3. The lowest BCUT2D eigenvalue weighted by Crippen LogP contribution is -2.32. The summed E-state index contributed by atoms with van der Waals surface area (Å²) in [6.45, 7) is 7.61. The Morgan fingerprint density at radius 3 is 2.15 bits per heavy atom. The first-order valence-electron chi connectivity index (χ1n) is 6.93. The molecule has 1 N–H and O–H groups in total. The smallest absolute Gasteiger partial charge is 0.337 e. The number of nitrogens with zero attached hydrogens (tertiary/aromatic N) is 1. The monoisotopic (exact) mass is 281 g/mol. The number of anilines is 1. The maximum atomic E-state index is 11.3. The normalized spacial score (nSPS) is 10.5. The molecule has 0 amide bonds. The van der Waals surface area contributed by atoms with Crippen LogP contribution in [0.4, 0.5) is 5.69 Å². The van der Waals surface area contributed by atoms with Gasteiger partial charge >= 0.3 is 5.97 Å². The van der Waals surface area contributed by atoms with Crippen LogP contribution in [-0.4, -0.2) is 50.6 Å². The van der Waals surface area contributed by atoms with Gasteiger partial charge in [0.1, 0.15) is 0 Å². The molecule has 1 rings (SSSR count). The van der Waals surface area contributed by atoms with Gasteiger partial charge in [-0.2, -0.15) is 0 Å². The lowest BCUT2D eigenvalue weighted by Gasteiger charge is -2.26. The molecule has 0 aliphatic carbocycles. The van der Waals surface area contributed by atoms with E-state index in [0.717, 1.165) is 0 Å². The van der Waals surface area contributed by atoms with E-state index in [1.165, 1.54) is 0 Å². The zero-order valence-corrected chi connectivity index (χ0v) is 12.2. The zero-order chi connectivity index (χ0) is 14.8. The van der Waals surface area contributed by atoms with E-state index in [0.29, 0.717) is 50.8 Å². The molecular weight excluding hydrogens is 258 g/mol. The van der Waals surface area contributed by atoms with Gasteiger partial charge in [-0.25, -0.2) is 4.79 Å². The highest BCUT2D eigenvalue weighted by atomic mass is 16.5. The number of rotatable bonds is 10. The average molecular weight is 281 g/mol. The second-order valence-corrected chi connectivity index (χ2v) is 4.20. The Morgan fingerprint density at radius 2 is 1.65 bits per heavy atom. The summed E-state index contributed by atoms with van der Waals surface area (Å²) in [6.07, 6.45) is 0. The van der Waals surface area contributed by atoms with Crippen LogP contribution in [0.25, 0.3) is 0 Å². The van der Waals surface area contributed by atoms with Crippen LogP contribution in [0.15, 0.2) is 24.3 Å². The third kappa shape index (κ3) is 5.19. The Balaban J connectivity index is 2.81. The Hall–Kier alpha value is -1.59. The van der Waals surface area contributed by atoms with E-state index in [2.05, 4.69) is 0 Å². The largest absolute Gasteiger partial charge is 0.478 e. The van der Waals surface area contributed by atoms with E-state index in [1.54, 1.807) is 12.1 Å². The predicted octanol–water partition coefficient (Wildman–Crippen LogP) is 2.26. The predicted molar refractivity (Wildman–Crippen MR) is 78.6 cm³/mol. The molecule has 0 bridgehead atoms. The molecule has 0 saturated heterocycles. The van der Waals surface area contributed by atoms with Gasteiger partial charge in [0.05, 0.1) is 24.5 Å². The molecule has 0 aromatic heterocycles. The van der Waals surface area contributed by atoms with Gasteiger partial charge in [-0.15, -0.1) is 0 Å². The maximum absolute atomic E-state index is 11.3. The first-order chi connectivity index (χ1) is 9.70. The van der Waals surface area contributed by atoms with Crippen molar-refractivity contribution in [1.82, 2.24) is 0 Å². The van der Waals surface area contributed by atoms with Gasteiger partial charge in [-0.1, -0.05) is 12.1 Å². The molecule has 0 spiro atoms. The van der Waals surface area contributed by atoms with E-state index >= 15 is 0 Å². The fourth-order valence-electron chi connectivity index (χ4n) is 1.92. The first kappa shape index (κ1) is 16.5. The molecule has 0 radical (unpaired) electrons. The number of hydrogen-bond acceptors (Lipinski definition) is 4. The molecule has 112 valence electrons. The number of ether oxygens (including phenoxy) is 2. The molecule has 0 aliphatic heterocycles. The highest BCUT2D eigenvalue weighted by Gasteiger charge is 2.15. The maximum Gasteiger partial charge on any atom is 0.337 e. The Labute approximate surface area is 120 Å². The van der Waals surface area contributed by atoms with Crippen molar-refractivity contribution < 1.29 is 19.4 Å². The van der Waals surface area contributed by atoms with E-state index in [9.17, 15) is 9.90 Å². The van der Waals surface area contributed by atoms with Crippen molar-refractivity contribution in [3.63, 3.8) is 0 Å². The molecule has 0 fully saturated rings. The molecule has 5 heteroatoms.